The van der Waals surface area contributed by atoms with Crippen molar-refractivity contribution in [2.24, 2.45) is 0 Å². The zero-order valence-electron chi connectivity index (χ0n) is 14.8. The minimum atomic E-state index is 0.0686. The molecular formula is C20H26N4O. The van der Waals surface area contributed by atoms with Gasteiger partial charge in [-0.25, -0.2) is 0 Å². The van der Waals surface area contributed by atoms with E-state index in [1.807, 2.05) is 36.5 Å². The molecule has 0 spiro atoms. The molecule has 1 N–H and O–H groups in total. The molecule has 2 heterocycles. The van der Waals surface area contributed by atoms with Gasteiger partial charge in [0.25, 0.3) is 0 Å². The van der Waals surface area contributed by atoms with Crippen LogP contribution >= 0.6 is 0 Å². The van der Waals surface area contributed by atoms with Crippen LogP contribution in [0.4, 0.5) is 5.69 Å². The number of carbonyl (C=O) groups is 1. The summed E-state index contributed by atoms with van der Waals surface area (Å²) in [6.45, 7) is 7.20. The van der Waals surface area contributed by atoms with Gasteiger partial charge in [-0.2, -0.15) is 0 Å². The maximum absolute atomic E-state index is 12.3. The Morgan fingerprint density at radius 3 is 2.48 bits per heavy atom. The molecular weight excluding hydrogens is 312 g/mol. The average Bonchev–Trinajstić information content (AvgIpc) is 2.64. The first-order chi connectivity index (χ1) is 12.2. The second kappa shape index (κ2) is 8.74. The lowest BCUT2D eigenvalue weighted by Crippen LogP contribution is -2.48. The minimum Gasteiger partial charge on any atom is -0.325 e. The Bertz CT molecular complexity index is 681. The summed E-state index contributed by atoms with van der Waals surface area (Å²) in [6.07, 6.45) is 2.76. The van der Waals surface area contributed by atoms with Gasteiger partial charge in [-0.1, -0.05) is 31.2 Å². The van der Waals surface area contributed by atoms with Crippen LogP contribution in [0.15, 0.2) is 48.7 Å². The highest BCUT2D eigenvalue weighted by Crippen LogP contribution is 2.15. The first kappa shape index (κ1) is 17.6. The third-order valence-corrected chi connectivity index (χ3v) is 4.62. The molecule has 25 heavy (non-hydrogen) atoms. The maximum atomic E-state index is 12.3. The Morgan fingerprint density at radius 1 is 1.04 bits per heavy atom. The van der Waals surface area contributed by atoms with Gasteiger partial charge in [-0.15, -0.1) is 0 Å². The van der Waals surface area contributed by atoms with Crippen LogP contribution in [0, 0.1) is 0 Å². The normalized spacial score (nSPS) is 15.9. The van der Waals surface area contributed by atoms with Crippen molar-refractivity contribution in [1.82, 2.24) is 14.8 Å². The van der Waals surface area contributed by atoms with Crippen molar-refractivity contribution >= 4 is 11.6 Å². The quantitative estimate of drug-likeness (QED) is 0.879. The van der Waals surface area contributed by atoms with E-state index >= 15 is 0 Å². The summed E-state index contributed by atoms with van der Waals surface area (Å²) in [5.41, 5.74) is 3.21. The van der Waals surface area contributed by atoms with Gasteiger partial charge in [0, 0.05) is 44.6 Å². The van der Waals surface area contributed by atoms with E-state index in [2.05, 4.69) is 39.2 Å². The van der Waals surface area contributed by atoms with E-state index in [9.17, 15) is 4.79 Å². The average molecular weight is 338 g/mol. The lowest BCUT2D eigenvalue weighted by molar-refractivity contribution is -0.117. The summed E-state index contributed by atoms with van der Waals surface area (Å²) in [4.78, 5) is 21.3. The number of nitrogens with one attached hydrogen (secondary N) is 1. The highest BCUT2D eigenvalue weighted by molar-refractivity contribution is 5.93. The van der Waals surface area contributed by atoms with E-state index in [0.717, 1.165) is 50.5 Å². The fourth-order valence-electron chi connectivity index (χ4n) is 3.17. The van der Waals surface area contributed by atoms with Gasteiger partial charge >= 0.3 is 0 Å². The van der Waals surface area contributed by atoms with Crippen LogP contribution in [-0.4, -0.2) is 53.4 Å². The highest BCUT2D eigenvalue weighted by Gasteiger charge is 2.19. The fourth-order valence-corrected chi connectivity index (χ4v) is 3.17. The predicted molar refractivity (Wildman–Crippen MR) is 100 cm³/mol. The lowest BCUT2D eigenvalue weighted by Gasteiger charge is -2.34. The summed E-state index contributed by atoms with van der Waals surface area (Å²) in [5.74, 6) is 0.0686. The summed E-state index contributed by atoms with van der Waals surface area (Å²) in [5, 5.41) is 3.06. The molecule has 1 amide bonds. The van der Waals surface area contributed by atoms with Crippen LogP contribution in [-0.2, 0) is 17.8 Å². The zero-order valence-corrected chi connectivity index (χ0v) is 14.8. The number of aryl methyl sites for hydroxylation is 1. The number of carbonyl (C=O) groups excluding carboxylic acids is 1. The zero-order chi connectivity index (χ0) is 17.5. The van der Waals surface area contributed by atoms with Gasteiger partial charge in [0.15, 0.2) is 0 Å². The van der Waals surface area contributed by atoms with E-state index in [-0.39, 0.29) is 5.91 Å². The van der Waals surface area contributed by atoms with Gasteiger partial charge in [-0.05, 0) is 30.2 Å². The van der Waals surface area contributed by atoms with Crippen LogP contribution in [0.1, 0.15) is 18.2 Å². The molecule has 0 saturated carbocycles. The fraction of sp³-hybridized carbons (Fsp3) is 0.400. The third-order valence-electron chi connectivity index (χ3n) is 4.62. The van der Waals surface area contributed by atoms with Crippen LogP contribution in [0.25, 0.3) is 0 Å². The van der Waals surface area contributed by atoms with Gasteiger partial charge in [0.05, 0.1) is 12.2 Å². The molecule has 1 aromatic heterocycles. The van der Waals surface area contributed by atoms with E-state index in [0.29, 0.717) is 6.54 Å². The van der Waals surface area contributed by atoms with E-state index < -0.39 is 0 Å². The molecule has 5 heteroatoms. The molecule has 0 unspecified atom stereocenters. The van der Waals surface area contributed by atoms with Crippen LogP contribution < -0.4 is 5.32 Å². The van der Waals surface area contributed by atoms with Crippen LogP contribution in [0.2, 0.25) is 0 Å². The Hall–Kier alpha value is -2.24. The molecule has 0 atom stereocenters. The number of benzene rings is 1. The van der Waals surface area contributed by atoms with E-state index in [1.54, 1.807) is 0 Å². The Balaban J connectivity index is 1.45. The number of aromatic nitrogens is 1. The number of hydrogen-bond acceptors (Lipinski definition) is 4. The van der Waals surface area contributed by atoms with Gasteiger partial charge < -0.3 is 5.32 Å². The molecule has 0 bridgehead atoms. The number of anilines is 1. The molecule has 1 fully saturated rings. The Labute approximate surface area is 149 Å². The summed E-state index contributed by atoms with van der Waals surface area (Å²) < 4.78 is 0. The second-order valence-corrected chi connectivity index (χ2v) is 6.43. The number of pyridine rings is 1. The van der Waals surface area contributed by atoms with Crippen molar-refractivity contribution in [3.8, 4) is 0 Å². The minimum absolute atomic E-state index is 0.0686. The van der Waals surface area contributed by atoms with Gasteiger partial charge in [0.2, 0.25) is 5.91 Å². The van der Waals surface area contributed by atoms with Crippen molar-refractivity contribution in [1.29, 1.82) is 0 Å². The van der Waals surface area contributed by atoms with Gasteiger partial charge in [-0.3, -0.25) is 19.6 Å². The van der Waals surface area contributed by atoms with Gasteiger partial charge in [0.1, 0.15) is 0 Å². The Kier molecular flexibility index (Phi) is 6.14. The standard InChI is InChI=1S/C20H26N4O/c1-2-17-7-3-4-9-19(17)22-20(25)16-24-13-11-23(12-14-24)15-18-8-5-6-10-21-18/h3-10H,2,11-16H2,1H3,(H,22,25). The van der Waals surface area contributed by atoms with Crippen LogP contribution in [0.5, 0.6) is 0 Å². The monoisotopic (exact) mass is 338 g/mol. The van der Waals surface area contributed by atoms with E-state index in [1.165, 1.54) is 5.56 Å². The van der Waals surface area contributed by atoms with Crippen LogP contribution in [0.3, 0.4) is 0 Å². The third kappa shape index (κ3) is 5.11. The van der Waals surface area contributed by atoms with Crippen molar-refractivity contribution < 1.29 is 4.79 Å². The van der Waals surface area contributed by atoms with Crippen molar-refractivity contribution in [2.45, 2.75) is 19.9 Å². The highest BCUT2D eigenvalue weighted by atomic mass is 16.2. The molecule has 0 aliphatic carbocycles. The summed E-state index contributed by atoms with van der Waals surface area (Å²) in [6, 6.07) is 14.0. The number of nitrogens with zero attached hydrogens (tertiary/aromatic N) is 3. The largest absolute Gasteiger partial charge is 0.325 e. The summed E-state index contributed by atoms with van der Waals surface area (Å²) >= 11 is 0. The molecule has 132 valence electrons. The number of hydrogen-bond donors (Lipinski definition) is 1. The predicted octanol–water partition coefficient (Wildman–Crippen LogP) is 2.40. The topological polar surface area (TPSA) is 48.5 Å². The SMILES string of the molecule is CCc1ccccc1NC(=O)CN1CCN(Cc2ccccn2)CC1. The molecule has 1 saturated heterocycles. The van der Waals surface area contributed by atoms with Crippen molar-refractivity contribution in [3.63, 3.8) is 0 Å². The maximum Gasteiger partial charge on any atom is 0.238 e. The molecule has 5 nitrogen and oxygen atoms in total. The number of para-hydroxylation sites is 1. The second-order valence-electron chi connectivity index (χ2n) is 6.43. The summed E-state index contributed by atoms with van der Waals surface area (Å²) in [7, 11) is 0. The molecule has 1 aliphatic heterocycles. The molecule has 1 aromatic carbocycles. The van der Waals surface area contributed by atoms with E-state index in [4.69, 9.17) is 0 Å². The molecule has 2 aromatic rings. The van der Waals surface area contributed by atoms with Crippen molar-refractivity contribution in [2.75, 3.05) is 38.0 Å². The molecule has 1 aliphatic rings. The Morgan fingerprint density at radius 2 is 1.76 bits per heavy atom. The smallest absolute Gasteiger partial charge is 0.238 e. The first-order valence-corrected chi connectivity index (χ1v) is 8.97. The number of piperazine rings is 1. The first-order valence-electron chi connectivity index (χ1n) is 8.97. The molecule has 3 rings (SSSR count). The lowest BCUT2D eigenvalue weighted by atomic mass is 10.1. The number of rotatable bonds is 6. The van der Waals surface area contributed by atoms with Crippen molar-refractivity contribution in [3.05, 3.63) is 59.9 Å². The molecule has 0 radical (unpaired) electrons. The number of amides is 1.